The van der Waals surface area contributed by atoms with E-state index < -0.39 is 6.04 Å². The normalized spacial score (nSPS) is 15.0. The van der Waals surface area contributed by atoms with Crippen LogP contribution in [0.1, 0.15) is 56.6 Å². The third kappa shape index (κ3) is 8.19. The van der Waals surface area contributed by atoms with E-state index in [9.17, 15) is 9.59 Å². The quantitative estimate of drug-likeness (QED) is 0.314. The fourth-order valence-electron chi connectivity index (χ4n) is 4.29. The van der Waals surface area contributed by atoms with Gasteiger partial charge in [0.05, 0.1) is 15.8 Å². The Morgan fingerprint density at radius 1 is 1.00 bits per heavy atom. The number of rotatable bonds is 10. The maximum Gasteiger partial charge on any atom is 0.243 e. The molecule has 1 saturated carbocycles. The summed E-state index contributed by atoms with van der Waals surface area (Å²) in [6.45, 7) is 2.19. The van der Waals surface area contributed by atoms with Crippen molar-refractivity contribution in [2.24, 2.45) is 0 Å². The monoisotopic (exact) mass is 574 g/mol. The van der Waals surface area contributed by atoms with Gasteiger partial charge < -0.3 is 10.2 Å². The van der Waals surface area contributed by atoms with Gasteiger partial charge in [0.1, 0.15) is 6.04 Å². The Balaban J connectivity index is 1.75. The molecule has 0 saturated heterocycles. The lowest BCUT2D eigenvalue weighted by atomic mass is 9.95. The molecule has 0 heterocycles. The summed E-state index contributed by atoms with van der Waals surface area (Å²) in [6.07, 6.45) is 5.92. The van der Waals surface area contributed by atoms with Crippen LogP contribution in [0.25, 0.3) is 0 Å². The van der Waals surface area contributed by atoms with E-state index in [4.69, 9.17) is 46.4 Å². The molecule has 2 amide bonds. The van der Waals surface area contributed by atoms with Crippen molar-refractivity contribution in [2.75, 3.05) is 5.75 Å². The molecule has 9 heteroatoms. The molecule has 0 unspecified atom stereocenters. The highest BCUT2D eigenvalue weighted by Gasteiger charge is 2.30. The SMILES string of the molecule is CC[C@@H](C(=O)NC1CCCCC1)N(Cc1ccc(Cl)c(Cl)c1)C(=O)CSCc1c(Cl)cccc1Cl. The van der Waals surface area contributed by atoms with E-state index in [1.165, 1.54) is 18.2 Å². The van der Waals surface area contributed by atoms with Gasteiger partial charge in [0.2, 0.25) is 11.8 Å². The number of hydrogen-bond acceptors (Lipinski definition) is 3. The second-order valence-corrected chi connectivity index (χ2v) is 11.3. The predicted molar refractivity (Wildman–Crippen MR) is 149 cm³/mol. The number of amides is 2. The number of carbonyl (C=O) groups is 2. The lowest BCUT2D eigenvalue weighted by Gasteiger charge is -2.33. The molecule has 1 aliphatic carbocycles. The van der Waals surface area contributed by atoms with Crippen LogP contribution in [0, 0.1) is 0 Å². The van der Waals surface area contributed by atoms with Crippen molar-refractivity contribution in [1.82, 2.24) is 10.2 Å². The summed E-state index contributed by atoms with van der Waals surface area (Å²) in [5.74, 6) is 0.452. The summed E-state index contributed by atoms with van der Waals surface area (Å²) in [4.78, 5) is 28.4. The van der Waals surface area contributed by atoms with Crippen LogP contribution in [-0.4, -0.2) is 34.6 Å². The number of halogens is 4. The minimum absolute atomic E-state index is 0.105. The number of nitrogens with zero attached hydrogens (tertiary/aromatic N) is 1. The van der Waals surface area contributed by atoms with Crippen molar-refractivity contribution in [3.05, 3.63) is 67.6 Å². The molecule has 1 fully saturated rings. The van der Waals surface area contributed by atoms with Crippen LogP contribution in [0.15, 0.2) is 36.4 Å². The second kappa shape index (κ2) is 14.0. The highest BCUT2D eigenvalue weighted by Crippen LogP contribution is 2.29. The van der Waals surface area contributed by atoms with Crippen molar-refractivity contribution in [2.45, 2.75) is 69.8 Å². The molecule has 2 aromatic rings. The zero-order valence-electron chi connectivity index (χ0n) is 19.7. The molecule has 1 aliphatic rings. The maximum atomic E-state index is 13.5. The Morgan fingerprint density at radius 3 is 2.31 bits per heavy atom. The third-order valence-electron chi connectivity index (χ3n) is 6.21. The highest BCUT2D eigenvalue weighted by atomic mass is 35.5. The number of nitrogens with one attached hydrogen (secondary N) is 1. The van der Waals surface area contributed by atoms with Crippen LogP contribution in [0.2, 0.25) is 20.1 Å². The molecule has 0 aromatic heterocycles. The van der Waals surface area contributed by atoms with Gasteiger partial charge in [-0.3, -0.25) is 9.59 Å². The van der Waals surface area contributed by atoms with Crippen molar-refractivity contribution in [1.29, 1.82) is 0 Å². The molecule has 2 aromatic carbocycles. The molecular weight excluding hydrogens is 546 g/mol. The summed E-state index contributed by atoms with van der Waals surface area (Å²) in [6, 6.07) is 10.2. The zero-order valence-corrected chi connectivity index (χ0v) is 23.5. The highest BCUT2D eigenvalue weighted by molar-refractivity contribution is 7.99. The molecule has 0 aliphatic heterocycles. The molecule has 0 spiro atoms. The van der Waals surface area contributed by atoms with Gasteiger partial charge in [-0.05, 0) is 54.7 Å². The minimum Gasteiger partial charge on any atom is -0.352 e. The van der Waals surface area contributed by atoms with Crippen LogP contribution in [0.3, 0.4) is 0 Å². The molecule has 35 heavy (non-hydrogen) atoms. The summed E-state index contributed by atoms with van der Waals surface area (Å²) in [5.41, 5.74) is 1.61. The Kier molecular flexibility index (Phi) is 11.4. The fourth-order valence-corrected chi connectivity index (χ4v) is 6.26. The van der Waals surface area contributed by atoms with Crippen LogP contribution >= 0.6 is 58.2 Å². The van der Waals surface area contributed by atoms with Gasteiger partial charge in [-0.2, -0.15) is 0 Å². The van der Waals surface area contributed by atoms with E-state index >= 15 is 0 Å². The molecular formula is C26H30Cl4N2O2S. The lowest BCUT2D eigenvalue weighted by Crippen LogP contribution is -2.52. The van der Waals surface area contributed by atoms with Crippen LogP contribution in [0.4, 0.5) is 0 Å². The van der Waals surface area contributed by atoms with E-state index in [0.717, 1.165) is 36.8 Å². The molecule has 4 nitrogen and oxygen atoms in total. The average molecular weight is 576 g/mol. The van der Waals surface area contributed by atoms with Gasteiger partial charge in [-0.1, -0.05) is 84.7 Å². The zero-order chi connectivity index (χ0) is 25.4. The number of hydrogen-bond donors (Lipinski definition) is 1. The van der Waals surface area contributed by atoms with Crippen LogP contribution in [-0.2, 0) is 21.9 Å². The largest absolute Gasteiger partial charge is 0.352 e. The third-order valence-corrected chi connectivity index (χ3v) is 8.60. The molecule has 1 atom stereocenters. The predicted octanol–water partition coefficient (Wildman–Crippen LogP) is 7.79. The standard InChI is InChI=1S/C26H30Cl4N2O2S/c1-2-24(26(34)31-18-7-4-3-5-8-18)32(14-17-11-12-22(29)23(30)13-17)25(33)16-35-15-19-20(27)9-6-10-21(19)28/h6,9-13,18,24H,2-5,7-8,14-16H2,1H3,(H,31,34)/t24-/m0/s1. The molecule has 190 valence electrons. The summed E-state index contributed by atoms with van der Waals surface area (Å²) >= 11 is 26.3. The molecule has 0 radical (unpaired) electrons. The van der Waals surface area contributed by atoms with E-state index in [0.29, 0.717) is 32.3 Å². The van der Waals surface area contributed by atoms with Crippen molar-refractivity contribution >= 4 is 70.0 Å². The van der Waals surface area contributed by atoms with Crippen LogP contribution in [0.5, 0.6) is 0 Å². The summed E-state index contributed by atoms with van der Waals surface area (Å²) in [5, 5.41) is 5.19. The molecule has 0 bridgehead atoms. The van der Waals surface area contributed by atoms with Crippen molar-refractivity contribution in [3.8, 4) is 0 Å². The second-order valence-electron chi connectivity index (χ2n) is 8.73. The first-order chi connectivity index (χ1) is 16.8. The fraction of sp³-hybridized carbons (Fsp3) is 0.462. The van der Waals surface area contributed by atoms with Gasteiger partial charge in [-0.15, -0.1) is 11.8 Å². The summed E-state index contributed by atoms with van der Waals surface area (Å²) < 4.78 is 0. The van der Waals surface area contributed by atoms with Crippen molar-refractivity contribution < 1.29 is 9.59 Å². The lowest BCUT2D eigenvalue weighted by molar-refractivity contribution is -0.139. The first-order valence-corrected chi connectivity index (χ1v) is 14.5. The number of thioether (sulfide) groups is 1. The van der Waals surface area contributed by atoms with Crippen LogP contribution < -0.4 is 5.32 Å². The Morgan fingerprint density at radius 2 is 1.69 bits per heavy atom. The minimum atomic E-state index is -0.580. The smallest absolute Gasteiger partial charge is 0.243 e. The Labute approximate surface area is 232 Å². The maximum absolute atomic E-state index is 13.5. The first kappa shape index (κ1) is 28.5. The Bertz CT molecular complexity index is 1010. The Hall–Kier alpha value is -1.11. The van der Waals surface area contributed by atoms with E-state index in [1.54, 1.807) is 35.2 Å². The first-order valence-electron chi connectivity index (χ1n) is 11.8. The number of benzene rings is 2. The van der Waals surface area contributed by atoms with Gasteiger partial charge >= 0.3 is 0 Å². The average Bonchev–Trinajstić information content (AvgIpc) is 2.83. The van der Waals surface area contributed by atoms with E-state index in [2.05, 4.69) is 5.32 Å². The van der Waals surface area contributed by atoms with Gasteiger partial charge in [0.25, 0.3) is 0 Å². The molecule has 1 N–H and O–H groups in total. The van der Waals surface area contributed by atoms with Crippen molar-refractivity contribution in [3.63, 3.8) is 0 Å². The molecule has 3 rings (SSSR count). The van der Waals surface area contributed by atoms with E-state index in [-0.39, 0.29) is 30.2 Å². The van der Waals surface area contributed by atoms with Gasteiger partial charge in [0.15, 0.2) is 0 Å². The summed E-state index contributed by atoms with van der Waals surface area (Å²) in [7, 11) is 0. The van der Waals surface area contributed by atoms with Gasteiger partial charge in [0, 0.05) is 28.4 Å². The number of carbonyl (C=O) groups excluding carboxylic acids is 2. The topological polar surface area (TPSA) is 49.4 Å². The van der Waals surface area contributed by atoms with Gasteiger partial charge in [-0.25, -0.2) is 0 Å². The van der Waals surface area contributed by atoms with E-state index in [1.807, 2.05) is 13.0 Å².